The number of esters is 1. The molecule has 3 nitrogen and oxygen atoms in total. The fourth-order valence-electron chi connectivity index (χ4n) is 1.76. The van der Waals surface area contributed by atoms with Crippen molar-refractivity contribution < 1.29 is 9.53 Å². The van der Waals surface area contributed by atoms with E-state index in [1.807, 2.05) is 25.1 Å². The topological polar surface area (TPSA) is 38.3 Å². The van der Waals surface area contributed by atoms with E-state index in [1.54, 1.807) is 0 Å². The summed E-state index contributed by atoms with van der Waals surface area (Å²) in [4.78, 5) is 11.4. The summed E-state index contributed by atoms with van der Waals surface area (Å²) >= 11 is 3.46. The van der Waals surface area contributed by atoms with Crippen molar-refractivity contribution in [1.29, 1.82) is 0 Å². The summed E-state index contributed by atoms with van der Waals surface area (Å²) in [6, 6.07) is 8.40. The number of carbonyl (C=O) groups excluding carboxylic acids is 1. The molecule has 1 aromatic carbocycles. The normalized spacial score (nSPS) is 13.2. The van der Waals surface area contributed by atoms with Gasteiger partial charge < -0.3 is 10.1 Å². The summed E-state index contributed by atoms with van der Waals surface area (Å²) in [5.41, 5.74) is 1.91. The maximum absolute atomic E-state index is 11.4. The third-order valence-electron chi connectivity index (χ3n) is 2.95. The monoisotopic (exact) mass is 325 g/mol. The molecule has 0 heterocycles. The molecule has 0 aliphatic rings. The van der Waals surface area contributed by atoms with Gasteiger partial charge in [-0.2, -0.15) is 0 Å². The summed E-state index contributed by atoms with van der Waals surface area (Å²) < 4.78 is 5.79. The average molecular weight is 326 g/mol. The molecule has 1 aromatic rings. The fraction of sp³-hybridized carbons (Fsp3) is 0.400. The standard InChI is InChI=1S/C15H20BrNO2/c1-4-12(15(18)19-3)8-9-17-11(2)13-6-5-7-14(16)10-13/h5-8,10-11,17H,4,9H2,1-3H3/b12-8-/t11-/m1/s1. The Kier molecular flexibility index (Phi) is 6.81. The molecule has 1 N–H and O–H groups in total. The molecule has 0 aromatic heterocycles. The molecule has 4 heteroatoms. The number of halogens is 1. The van der Waals surface area contributed by atoms with Gasteiger partial charge in [-0.3, -0.25) is 0 Å². The Morgan fingerprint density at radius 1 is 1.53 bits per heavy atom. The lowest BCUT2D eigenvalue weighted by molar-refractivity contribution is -0.136. The lowest BCUT2D eigenvalue weighted by Crippen LogP contribution is -2.19. The maximum Gasteiger partial charge on any atom is 0.333 e. The van der Waals surface area contributed by atoms with E-state index in [9.17, 15) is 4.79 Å². The molecule has 0 aliphatic heterocycles. The second-order valence-electron chi connectivity index (χ2n) is 4.26. The summed E-state index contributed by atoms with van der Waals surface area (Å²) in [5.74, 6) is -0.251. The van der Waals surface area contributed by atoms with E-state index < -0.39 is 0 Å². The van der Waals surface area contributed by atoms with Crippen molar-refractivity contribution in [2.75, 3.05) is 13.7 Å². The van der Waals surface area contributed by atoms with Gasteiger partial charge in [0.15, 0.2) is 0 Å². The van der Waals surface area contributed by atoms with Gasteiger partial charge in [0, 0.05) is 22.6 Å². The van der Waals surface area contributed by atoms with Gasteiger partial charge in [0.1, 0.15) is 0 Å². The molecule has 0 unspecified atom stereocenters. The van der Waals surface area contributed by atoms with Crippen molar-refractivity contribution >= 4 is 21.9 Å². The minimum atomic E-state index is -0.251. The second kappa shape index (κ2) is 8.12. The quantitative estimate of drug-likeness (QED) is 0.641. The maximum atomic E-state index is 11.4. The smallest absolute Gasteiger partial charge is 0.333 e. The molecule has 0 radical (unpaired) electrons. The third kappa shape index (κ3) is 5.17. The predicted molar refractivity (Wildman–Crippen MR) is 80.9 cm³/mol. The molecule has 0 aliphatic carbocycles. The van der Waals surface area contributed by atoms with Crippen LogP contribution in [0.1, 0.15) is 31.9 Å². The lowest BCUT2D eigenvalue weighted by Gasteiger charge is -2.13. The first-order valence-electron chi connectivity index (χ1n) is 6.34. The van der Waals surface area contributed by atoms with Gasteiger partial charge in [0.2, 0.25) is 0 Å². The summed E-state index contributed by atoms with van der Waals surface area (Å²) in [7, 11) is 1.41. The molecule has 0 spiro atoms. The number of hydrogen-bond donors (Lipinski definition) is 1. The van der Waals surface area contributed by atoms with Crippen LogP contribution in [0.15, 0.2) is 40.4 Å². The van der Waals surface area contributed by atoms with Crippen molar-refractivity contribution in [3.05, 3.63) is 46.0 Å². The number of hydrogen-bond acceptors (Lipinski definition) is 3. The van der Waals surface area contributed by atoms with Gasteiger partial charge in [-0.25, -0.2) is 4.79 Å². The van der Waals surface area contributed by atoms with Crippen molar-refractivity contribution in [2.45, 2.75) is 26.3 Å². The van der Waals surface area contributed by atoms with Gasteiger partial charge in [0.25, 0.3) is 0 Å². The second-order valence-corrected chi connectivity index (χ2v) is 5.18. The zero-order valence-electron chi connectivity index (χ0n) is 11.6. The third-order valence-corrected chi connectivity index (χ3v) is 3.44. The zero-order chi connectivity index (χ0) is 14.3. The molecule has 0 bridgehead atoms. The number of ether oxygens (including phenoxy) is 1. The summed E-state index contributed by atoms with van der Waals surface area (Å²) in [6.07, 6.45) is 2.57. The number of methoxy groups -OCH3 is 1. The van der Waals surface area contributed by atoms with Crippen molar-refractivity contribution in [3.8, 4) is 0 Å². The van der Waals surface area contributed by atoms with Crippen LogP contribution in [-0.4, -0.2) is 19.6 Å². The van der Waals surface area contributed by atoms with E-state index in [0.717, 1.165) is 4.47 Å². The predicted octanol–water partition coefficient (Wildman–Crippen LogP) is 3.61. The van der Waals surface area contributed by atoms with Crippen LogP contribution in [0.4, 0.5) is 0 Å². The van der Waals surface area contributed by atoms with E-state index in [2.05, 4.69) is 40.3 Å². The number of nitrogens with one attached hydrogen (secondary N) is 1. The van der Waals surface area contributed by atoms with Gasteiger partial charge >= 0.3 is 5.97 Å². The Hall–Kier alpha value is -1.13. The molecule has 1 rings (SSSR count). The first-order valence-corrected chi connectivity index (χ1v) is 7.14. The van der Waals surface area contributed by atoms with Crippen molar-refractivity contribution in [1.82, 2.24) is 5.32 Å². The summed E-state index contributed by atoms with van der Waals surface area (Å²) in [6.45, 7) is 4.69. The van der Waals surface area contributed by atoms with Crippen LogP contribution in [-0.2, 0) is 9.53 Å². The average Bonchev–Trinajstić information content (AvgIpc) is 2.42. The van der Waals surface area contributed by atoms with E-state index in [-0.39, 0.29) is 12.0 Å². The van der Waals surface area contributed by atoms with Crippen LogP contribution in [0, 0.1) is 0 Å². The molecule has 0 fully saturated rings. The molecule has 19 heavy (non-hydrogen) atoms. The Morgan fingerprint density at radius 2 is 2.26 bits per heavy atom. The molecular weight excluding hydrogens is 306 g/mol. The Bertz CT molecular complexity index is 457. The Balaban J connectivity index is 2.57. The highest BCUT2D eigenvalue weighted by Gasteiger charge is 2.07. The van der Waals surface area contributed by atoms with Crippen molar-refractivity contribution in [3.63, 3.8) is 0 Å². The first-order chi connectivity index (χ1) is 9.08. The largest absolute Gasteiger partial charge is 0.466 e. The SMILES string of the molecule is CC/C(=C/CN[C@H](C)c1cccc(Br)c1)C(=O)OC. The molecule has 0 saturated heterocycles. The number of benzene rings is 1. The van der Waals surface area contributed by atoms with E-state index in [1.165, 1.54) is 12.7 Å². The molecule has 104 valence electrons. The molecule has 1 atom stereocenters. The van der Waals surface area contributed by atoms with Gasteiger partial charge in [0.05, 0.1) is 7.11 Å². The van der Waals surface area contributed by atoms with Crippen molar-refractivity contribution in [2.24, 2.45) is 0 Å². The highest BCUT2D eigenvalue weighted by molar-refractivity contribution is 9.10. The molecule has 0 amide bonds. The minimum absolute atomic E-state index is 0.226. The Morgan fingerprint density at radius 3 is 2.84 bits per heavy atom. The summed E-state index contributed by atoms with van der Waals surface area (Å²) in [5, 5.41) is 3.36. The highest BCUT2D eigenvalue weighted by atomic mass is 79.9. The fourth-order valence-corrected chi connectivity index (χ4v) is 2.17. The van der Waals surface area contributed by atoms with Crippen LogP contribution >= 0.6 is 15.9 Å². The van der Waals surface area contributed by atoms with Crippen LogP contribution in [0.5, 0.6) is 0 Å². The lowest BCUT2D eigenvalue weighted by atomic mass is 10.1. The Labute approximate surface area is 123 Å². The van der Waals surface area contributed by atoms with Crippen LogP contribution in [0.25, 0.3) is 0 Å². The first kappa shape index (κ1) is 15.9. The van der Waals surface area contributed by atoms with Crippen LogP contribution < -0.4 is 5.32 Å². The highest BCUT2D eigenvalue weighted by Crippen LogP contribution is 2.17. The van der Waals surface area contributed by atoms with E-state index in [0.29, 0.717) is 18.5 Å². The molecule has 0 saturated carbocycles. The zero-order valence-corrected chi connectivity index (χ0v) is 13.2. The van der Waals surface area contributed by atoms with E-state index >= 15 is 0 Å². The van der Waals surface area contributed by atoms with Gasteiger partial charge in [-0.05, 0) is 31.0 Å². The number of rotatable bonds is 6. The molecular formula is C15H20BrNO2. The van der Waals surface area contributed by atoms with Crippen LogP contribution in [0.3, 0.4) is 0 Å². The van der Waals surface area contributed by atoms with E-state index in [4.69, 9.17) is 4.74 Å². The van der Waals surface area contributed by atoms with Crippen LogP contribution in [0.2, 0.25) is 0 Å². The van der Waals surface area contributed by atoms with Gasteiger partial charge in [-0.15, -0.1) is 0 Å². The minimum Gasteiger partial charge on any atom is -0.466 e. The van der Waals surface area contributed by atoms with Gasteiger partial charge in [-0.1, -0.05) is 41.1 Å². The number of carbonyl (C=O) groups is 1.